The third-order valence-electron chi connectivity index (χ3n) is 3.44. The molecule has 0 aliphatic heterocycles. The molecule has 0 spiro atoms. The summed E-state index contributed by atoms with van der Waals surface area (Å²) in [4.78, 5) is 8.73. The van der Waals surface area contributed by atoms with Crippen molar-refractivity contribution in [2.75, 3.05) is 23.5 Å². The number of aryl methyl sites for hydroxylation is 2. The molecule has 0 amide bonds. The van der Waals surface area contributed by atoms with Crippen molar-refractivity contribution in [3.8, 4) is 5.75 Å². The molecule has 2 heterocycles. The second kappa shape index (κ2) is 6.45. The lowest BCUT2D eigenvalue weighted by atomic mass is 10.2. The van der Waals surface area contributed by atoms with Gasteiger partial charge in [-0.2, -0.15) is 10.1 Å². The van der Waals surface area contributed by atoms with E-state index in [1.165, 1.54) is 0 Å². The topological polar surface area (TPSA) is 114 Å². The van der Waals surface area contributed by atoms with Crippen molar-refractivity contribution in [1.82, 2.24) is 20.2 Å². The summed E-state index contributed by atoms with van der Waals surface area (Å²) in [6.45, 7) is 3.90. The van der Waals surface area contributed by atoms with Crippen LogP contribution < -0.4 is 21.1 Å². The number of nitrogens with two attached hydrogens (primary N) is 1. The first-order chi connectivity index (χ1) is 11.5. The van der Waals surface area contributed by atoms with E-state index in [4.69, 9.17) is 10.5 Å². The number of nitrogens with zero attached hydrogens (tertiary/aromatic N) is 3. The maximum atomic E-state index is 5.84. The minimum Gasteiger partial charge on any atom is -0.491 e. The Labute approximate surface area is 139 Å². The average Bonchev–Trinajstić information content (AvgIpc) is 2.96. The Morgan fingerprint density at radius 2 is 2.00 bits per heavy atom. The van der Waals surface area contributed by atoms with Crippen LogP contribution in [0.5, 0.6) is 5.75 Å². The van der Waals surface area contributed by atoms with Crippen molar-refractivity contribution < 1.29 is 4.74 Å². The van der Waals surface area contributed by atoms with E-state index in [0.29, 0.717) is 29.0 Å². The van der Waals surface area contributed by atoms with Crippen LogP contribution in [0.4, 0.5) is 29.0 Å². The van der Waals surface area contributed by atoms with Gasteiger partial charge in [-0.3, -0.25) is 5.10 Å². The van der Waals surface area contributed by atoms with Gasteiger partial charge in [0.1, 0.15) is 0 Å². The number of hydrogen-bond donors (Lipinski definition) is 4. The number of benzene rings is 1. The Bertz CT molecular complexity index is 859. The number of aromatic nitrogens is 4. The highest BCUT2D eigenvalue weighted by Crippen LogP contribution is 2.27. The van der Waals surface area contributed by atoms with Gasteiger partial charge in [-0.05, 0) is 31.5 Å². The standard InChI is InChI=1S/C16H19N7O/c1-9-4-5-11(17)7-12(9)19-16-18-8-13(24-3)15(21-16)20-14-6-10(2)22-23-14/h4-8H,17H2,1-3H3,(H3,18,19,20,21,22,23). The smallest absolute Gasteiger partial charge is 0.229 e. The van der Waals surface area contributed by atoms with E-state index in [9.17, 15) is 0 Å². The highest BCUT2D eigenvalue weighted by molar-refractivity contribution is 5.66. The lowest BCUT2D eigenvalue weighted by Gasteiger charge is -2.12. The molecule has 3 rings (SSSR count). The molecule has 2 aromatic heterocycles. The van der Waals surface area contributed by atoms with Crippen LogP contribution in [0.15, 0.2) is 30.5 Å². The fourth-order valence-corrected chi connectivity index (χ4v) is 2.17. The summed E-state index contributed by atoms with van der Waals surface area (Å²) in [5, 5.41) is 13.3. The van der Waals surface area contributed by atoms with Gasteiger partial charge in [0.2, 0.25) is 5.95 Å². The molecule has 8 nitrogen and oxygen atoms in total. The Morgan fingerprint density at radius 3 is 2.71 bits per heavy atom. The van der Waals surface area contributed by atoms with E-state index in [0.717, 1.165) is 16.9 Å². The normalized spacial score (nSPS) is 10.5. The molecule has 0 radical (unpaired) electrons. The summed E-state index contributed by atoms with van der Waals surface area (Å²) >= 11 is 0. The summed E-state index contributed by atoms with van der Waals surface area (Å²) in [5.74, 6) is 2.11. The maximum absolute atomic E-state index is 5.84. The van der Waals surface area contributed by atoms with Gasteiger partial charge >= 0.3 is 0 Å². The summed E-state index contributed by atoms with van der Waals surface area (Å²) in [5.41, 5.74) is 9.34. The van der Waals surface area contributed by atoms with Crippen molar-refractivity contribution in [3.05, 3.63) is 41.7 Å². The molecule has 1 aromatic carbocycles. The number of nitrogen functional groups attached to an aromatic ring is 1. The first kappa shape index (κ1) is 15.6. The molecule has 0 unspecified atom stereocenters. The summed E-state index contributed by atoms with van der Waals surface area (Å²) in [6, 6.07) is 7.50. The first-order valence-electron chi connectivity index (χ1n) is 7.38. The van der Waals surface area contributed by atoms with Gasteiger partial charge in [0.15, 0.2) is 17.4 Å². The molecule has 0 bridgehead atoms. The van der Waals surface area contributed by atoms with Gasteiger partial charge in [-0.1, -0.05) is 6.07 Å². The molecule has 0 aliphatic rings. The van der Waals surface area contributed by atoms with Crippen LogP contribution in [0.2, 0.25) is 0 Å². The van der Waals surface area contributed by atoms with E-state index in [1.807, 2.05) is 38.1 Å². The van der Waals surface area contributed by atoms with Gasteiger partial charge in [0, 0.05) is 23.1 Å². The molecule has 0 saturated carbocycles. The third kappa shape index (κ3) is 3.37. The lowest BCUT2D eigenvalue weighted by molar-refractivity contribution is 0.413. The van der Waals surface area contributed by atoms with Crippen molar-refractivity contribution in [1.29, 1.82) is 0 Å². The van der Waals surface area contributed by atoms with Crippen molar-refractivity contribution in [2.45, 2.75) is 13.8 Å². The minimum atomic E-state index is 0.430. The molecule has 8 heteroatoms. The summed E-state index contributed by atoms with van der Waals surface area (Å²) < 4.78 is 5.30. The van der Waals surface area contributed by atoms with E-state index in [-0.39, 0.29) is 0 Å². The van der Waals surface area contributed by atoms with Gasteiger partial charge < -0.3 is 21.1 Å². The predicted octanol–water partition coefficient (Wildman–Crippen LogP) is 2.89. The number of H-pyrrole nitrogens is 1. The molecular weight excluding hydrogens is 306 g/mol. The van der Waals surface area contributed by atoms with Gasteiger partial charge in [0.05, 0.1) is 13.3 Å². The van der Waals surface area contributed by atoms with Crippen LogP contribution in [-0.4, -0.2) is 27.3 Å². The Hall–Kier alpha value is -3.29. The van der Waals surface area contributed by atoms with E-state index in [1.54, 1.807) is 13.3 Å². The third-order valence-corrected chi connectivity index (χ3v) is 3.44. The number of rotatable bonds is 5. The van der Waals surface area contributed by atoms with Crippen LogP contribution in [0.25, 0.3) is 0 Å². The first-order valence-corrected chi connectivity index (χ1v) is 7.38. The summed E-state index contributed by atoms with van der Waals surface area (Å²) in [6.07, 6.45) is 1.60. The van der Waals surface area contributed by atoms with E-state index < -0.39 is 0 Å². The molecule has 5 N–H and O–H groups in total. The lowest BCUT2D eigenvalue weighted by Crippen LogP contribution is -2.04. The van der Waals surface area contributed by atoms with Crippen molar-refractivity contribution in [3.63, 3.8) is 0 Å². The highest BCUT2D eigenvalue weighted by Gasteiger charge is 2.10. The van der Waals surface area contributed by atoms with Crippen LogP contribution >= 0.6 is 0 Å². The Balaban J connectivity index is 1.89. The molecule has 0 fully saturated rings. The van der Waals surface area contributed by atoms with Crippen LogP contribution in [0, 0.1) is 13.8 Å². The number of ether oxygens (including phenoxy) is 1. The highest BCUT2D eigenvalue weighted by atomic mass is 16.5. The molecule has 0 aliphatic carbocycles. The number of aromatic amines is 1. The molecule has 124 valence electrons. The zero-order valence-electron chi connectivity index (χ0n) is 13.7. The van der Waals surface area contributed by atoms with E-state index >= 15 is 0 Å². The number of anilines is 5. The zero-order valence-corrected chi connectivity index (χ0v) is 13.7. The fraction of sp³-hybridized carbons (Fsp3) is 0.188. The second-order valence-corrected chi connectivity index (χ2v) is 5.37. The maximum Gasteiger partial charge on any atom is 0.229 e. The molecule has 24 heavy (non-hydrogen) atoms. The van der Waals surface area contributed by atoms with E-state index in [2.05, 4.69) is 30.8 Å². The minimum absolute atomic E-state index is 0.430. The quantitative estimate of drug-likeness (QED) is 0.533. The average molecular weight is 325 g/mol. The summed E-state index contributed by atoms with van der Waals surface area (Å²) in [7, 11) is 1.56. The van der Waals surface area contributed by atoms with Crippen LogP contribution in [-0.2, 0) is 0 Å². The van der Waals surface area contributed by atoms with Gasteiger partial charge in [-0.25, -0.2) is 4.98 Å². The van der Waals surface area contributed by atoms with Crippen LogP contribution in [0.1, 0.15) is 11.3 Å². The second-order valence-electron chi connectivity index (χ2n) is 5.37. The Morgan fingerprint density at radius 1 is 1.17 bits per heavy atom. The predicted molar refractivity (Wildman–Crippen MR) is 94.1 cm³/mol. The number of nitrogens with one attached hydrogen (secondary N) is 3. The number of hydrogen-bond acceptors (Lipinski definition) is 7. The SMILES string of the molecule is COc1cnc(Nc2cc(N)ccc2C)nc1Nc1cc(C)[nH]n1. The number of methoxy groups -OCH3 is 1. The molecule has 3 aromatic rings. The van der Waals surface area contributed by atoms with Gasteiger partial charge in [0.25, 0.3) is 0 Å². The molecular formula is C16H19N7O. The van der Waals surface area contributed by atoms with Crippen molar-refractivity contribution >= 4 is 29.0 Å². The van der Waals surface area contributed by atoms with Crippen molar-refractivity contribution in [2.24, 2.45) is 0 Å². The van der Waals surface area contributed by atoms with Gasteiger partial charge in [-0.15, -0.1) is 0 Å². The molecule has 0 atom stereocenters. The molecule has 0 saturated heterocycles. The van der Waals surface area contributed by atoms with Crippen LogP contribution in [0.3, 0.4) is 0 Å². The monoisotopic (exact) mass is 325 g/mol. The zero-order chi connectivity index (χ0) is 17.1. The largest absolute Gasteiger partial charge is 0.491 e. The Kier molecular flexibility index (Phi) is 4.19. The fourth-order valence-electron chi connectivity index (χ4n) is 2.17.